The third-order valence-corrected chi connectivity index (χ3v) is 8.28. The molecule has 0 radical (unpaired) electrons. The van der Waals surface area contributed by atoms with Gasteiger partial charge in [0.05, 0.1) is 17.5 Å². The number of amides is 2. The summed E-state index contributed by atoms with van der Waals surface area (Å²) in [6, 6.07) is 10.1. The number of nitrogens with zero attached hydrogens (tertiary/aromatic N) is 1. The molecule has 4 atom stereocenters. The van der Waals surface area contributed by atoms with E-state index in [9.17, 15) is 39.3 Å². The van der Waals surface area contributed by atoms with Gasteiger partial charge in [-0.1, -0.05) is 29.8 Å². The zero-order valence-corrected chi connectivity index (χ0v) is 20.7. The van der Waals surface area contributed by atoms with Crippen molar-refractivity contribution in [2.45, 2.75) is 25.7 Å². The average Bonchev–Trinajstić information content (AvgIpc) is 3.16. The van der Waals surface area contributed by atoms with Crippen molar-refractivity contribution in [3.63, 3.8) is 0 Å². The van der Waals surface area contributed by atoms with Crippen molar-refractivity contribution in [3.05, 3.63) is 88.0 Å². The van der Waals surface area contributed by atoms with Crippen molar-refractivity contribution in [1.29, 1.82) is 0 Å². The molecule has 0 bridgehead atoms. The quantitative estimate of drug-likeness (QED) is 0.314. The maximum atomic E-state index is 13.9. The summed E-state index contributed by atoms with van der Waals surface area (Å²) in [5.74, 6) is -6.49. The highest BCUT2D eigenvalue weighted by Crippen LogP contribution is 2.56. The second-order valence-electron chi connectivity index (χ2n) is 10.3. The van der Waals surface area contributed by atoms with E-state index >= 15 is 0 Å². The Morgan fingerprint density at radius 2 is 1.69 bits per heavy atom. The number of hydrogen-bond acceptors (Lipinski definition) is 7. The summed E-state index contributed by atoms with van der Waals surface area (Å²) in [5, 5.41) is 30.2. The lowest BCUT2D eigenvalue weighted by molar-refractivity contribution is -0.123. The van der Waals surface area contributed by atoms with Gasteiger partial charge in [-0.2, -0.15) is 0 Å². The Morgan fingerprint density at radius 3 is 2.38 bits per heavy atom. The van der Waals surface area contributed by atoms with Crippen LogP contribution in [-0.4, -0.2) is 44.7 Å². The van der Waals surface area contributed by atoms with E-state index in [0.29, 0.717) is 22.3 Å². The molecule has 9 heteroatoms. The zero-order valence-electron chi connectivity index (χ0n) is 20.7. The number of hydrogen-bond donors (Lipinski definition) is 3. The molecule has 2 amide bonds. The van der Waals surface area contributed by atoms with E-state index in [2.05, 4.69) is 0 Å². The van der Waals surface area contributed by atoms with Crippen molar-refractivity contribution >= 4 is 35.0 Å². The summed E-state index contributed by atoms with van der Waals surface area (Å²) in [7, 11) is 0. The molecule has 3 aliphatic carbocycles. The molecule has 4 aliphatic rings. The smallest absolute Gasteiger partial charge is 0.339 e. The minimum atomic E-state index is -1.35. The Morgan fingerprint density at radius 1 is 0.949 bits per heavy atom. The molecule has 196 valence electrons. The molecular formula is C30H23NO8. The highest BCUT2D eigenvalue weighted by atomic mass is 16.4. The molecule has 39 heavy (non-hydrogen) atoms. The standard InChI is InChI=1S/C30H23NO8/c1-13-10-23(34)26-20(27(13)35)12-19-15(24(26)16-4-2-3-5-21(16)32)8-9-18-25(19)29(37)31(28(18)36)14-6-7-17(30(38)39)22(33)11-14/h2-8,10-11,18-19,24-25,32-33H,9,12H2,1H3,(H,38,39). The lowest BCUT2D eigenvalue weighted by Gasteiger charge is -2.42. The van der Waals surface area contributed by atoms with Crippen LogP contribution in [0, 0.1) is 17.8 Å². The van der Waals surface area contributed by atoms with Crippen LogP contribution in [0.4, 0.5) is 5.69 Å². The van der Waals surface area contributed by atoms with Crippen LogP contribution in [0.5, 0.6) is 11.5 Å². The lowest BCUT2D eigenvalue weighted by Crippen LogP contribution is -2.39. The maximum Gasteiger partial charge on any atom is 0.339 e. The largest absolute Gasteiger partial charge is 0.508 e. The number of fused-ring (bicyclic) bond motifs is 3. The van der Waals surface area contributed by atoms with E-state index in [1.54, 1.807) is 25.1 Å². The number of rotatable bonds is 3. The number of ketones is 2. The normalized spacial score (nSPS) is 26.1. The fourth-order valence-corrected chi connectivity index (χ4v) is 6.56. The van der Waals surface area contributed by atoms with Crippen molar-refractivity contribution in [1.82, 2.24) is 0 Å². The van der Waals surface area contributed by atoms with E-state index in [0.717, 1.165) is 17.0 Å². The number of anilines is 1. The molecule has 1 saturated heterocycles. The Labute approximate surface area is 222 Å². The van der Waals surface area contributed by atoms with Gasteiger partial charge >= 0.3 is 5.97 Å². The number of allylic oxidation sites excluding steroid dienone is 6. The molecule has 2 aromatic rings. The summed E-state index contributed by atoms with van der Waals surface area (Å²) in [4.78, 5) is 66.2. The molecular weight excluding hydrogens is 502 g/mol. The molecule has 1 aliphatic heterocycles. The number of carbonyl (C=O) groups is 5. The highest BCUT2D eigenvalue weighted by Gasteiger charge is 2.56. The molecule has 0 spiro atoms. The first-order chi connectivity index (χ1) is 18.6. The molecule has 2 aromatic carbocycles. The van der Waals surface area contributed by atoms with Crippen LogP contribution >= 0.6 is 0 Å². The van der Waals surface area contributed by atoms with E-state index in [4.69, 9.17) is 0 Å². The molecule has 1 heterocycles. The predicted octanol–water partition coefficient (Wildman–Crippen LogP) is 3.43. The van der Waals surface area contributed by atoms with Gasteiger partial charge in [0.2, 0.25) is 11.8 Å². The summed E-state index contributed by atoms with van der Waals surface area (Å²) in [5.41, 5.74) is 1.71. The molecule has 9 nitrogen and oxygen atoms in total. The van der Waals surface area contributed by atoms with Gasteiger partial charge in [0.15, 0.2) is 11.6 Å². The minimum absolute atomic E-state index is 0.0472. The molecule has 0 aromatic heterocycles. The molecule has 6 rings (SSSR count). The highest BCUT2D eigenvalue weighted by molar-refractivity contribution is 6.25. The monoisotopic (exact) mass is 525 g/mol. The number of aromatic carboxylic acids is 1. The average molecular weight is 526 g/mol. The number of carbonyl (C=O) groups excluding carboxylic acids is 4. The first-order valence-corrected chi connectivity index (χ1v) is 12.5. The van der Waals surface area contributed by atoms with E-state index in [-0.39, 0.29) is 47.0 Å². The number of carboxylic acids is 1. The van der Waals surface area contributed by atoms with Crippen LogP contribution in [0.15, 0.2) is 76.9 Å². The number of imide groups is 1. The topological polar surface area (TPSA) is 149 Å². The van der Waals surface area contributed by atoms with Gasteiger partial charge in [-0.25, -0.2) is 9.69 Å². The number of phenolic OH excluding ortho intramolecular Hbond substituents is 1. The van der Waals surface area contributed by atoms with Crippen molar-refractivity contribution in [2.75, 3.05) is 4.90 Å². The van der Waals surface area contributed by atoms with Crippen LogP contribution in [0.1, 0.15) is 41.6 Å². The van der Waals surface area contributed by atoms with Gasteiger partial charge in [0, 0.05) is 34.3 Å². The maximum absolute atomic E-state index is 13.9. The number of carboxylic acid groups (broad SMARTS) is 1. The van der Waals surface area contributed by atoms with Gasteiger partial charge in [0.25, 0.3) is 0 Å². The molecule has 3 N–H and O–H groups in total. The molecule has 4 unspecified atom stereocenters. The van der Waals surface area contributed by atoms with Crippen molar-refractivity contribution in [2.24, 2.45) is 17.8 Å². The summed E-state index contributed by atoms with van der Waals surface area (Å²) >= 11 is 0. The lowest BCUT2D eigenvalue weighted by atomic mass is 9.59. The van der Waals surface area contributed by atoms with E-state index in [1.807, 2.05) is 6.08 Å². The van der Waals surface area contributed by atoms with Crippen LogP contribution < -0.4 is 4.90 Å². The van der Waals surface area contributed by atoms with Gasteiger partial charge < -0.3 is 15.3 Å². The Bertz CT molecular complexity index is 1630. The summed E-state index contributed by atoms with van der Waals surface area (Å²) < 4.78 is 0. The molecule has 0 saturated carbocycles. The Kier molecular flexibility index (Phi) is 5.43. The second kappa shape index (κ2) is 8.62. The van der Waals surface area contributed by atoms with Crippen LogP contribution in [0.2, 0.25) is 0 Å². The summed E-state index contributed by atoms with van der Waals surface area (Å²) in [6.07, 6.45) is 3.45. The zero-order chi connectivity index (χ0) is 27.7. The number of benzene rings is 2. The van der Waals surface area contributed by atoms with Gasteiger partial charge in [-0.05, 0) is 50.0 Å². The summed E-state index contributed by atoms with van der Waals surface area (Å²) in [6.45, 7) is 1.56. The van der Waals surface area contributed by atoms with E-state index < -0.39 is 47.2 Å². The SMILES string of the molecule is CC1=CC(=O)C2=C(CC3C(=CCC4C(=O)N(c5ccc(C(=O)O)c(O)c5)C(=O)C43)C2c2ccccc2O)C1=O. The first kappa shape index (κ1) is 24.5. The van der Waals surface area contributed by atoms with Crippen molar-refractivity contribution < 1.29 is 39.3 Å². The third-order valence-electron chi connectivity index (χ3n) is 8.28. The van der Waals surface area contributed by atoms with E-state index in [1.165, 1.54) is 18.2 Å². The van der Waals surface area contributed by atoms with Gasteiger partial charge in [-0.15, -0.1) is 0 Å². The van der Waals surface area contributed by atoms with Gasteiger partial charge in [-0.3, -0.25) is 19.2 Å². The molecule has 1 fully saturated rings. The number of para-hydroxylation sites is 1. The Balaban J connectivity index is 1.47. The van der Waals surface area contributed by atoms with Crippen LogP contribution in [0.25, 0.3) is 0 Å². The van der Waals surface area contributed by atoms with Crippen molar-refractivity contribution in [3.8, 4) is 11.5 Å². The first-order valence-electron chi connectivity index (χ1n) is 12.5. The van der Waals surface area contributed by atoms with Crippen LogP contribution in [-0.2, 0) is 19.2 Å². The van der Waals surface area contributed by atoms with Crippen LogP contribution in [0.3, 0.4) is 0 Å². The second-order valence-corrected chi connectivity index (χ2v) is 10.3. The number of phenols is 2. The predicted molar refractivity (Wildman–Crippen MR) is 137 cm³/mol. The third kappa shape index (κ3) is 3.49. The van der Waals surface area contributed by atoms with Gasteiger partial charge in [0.1, 0.15) is 17.1 Å². The number of Topliss-reactive ketones (excluding diaryl/α,β-unsaturated/α-hetero) is 1. The minimum Gasteiger partial charge on any atom is -0.508 e. The number of aromatic hydroxyl groups is 2. The fourth-order valence-electron chi connectivity index (χ4n) is 6.56. The fraction of sp³-hybridized carbons (Fsp3) is 0.233. The Hall–Kier alpha value is -4.79.